The quantitative estimate of drug-likeness (QED) is 0.205. The van der Waals surface area contributed by atoms with E-state index in [1.807, 2.05) is 0 Å². The Labute approximate surface area is 62.6 Å². The molecule has 0 saturated carbocycles. The van der Waals surface area contributed by atoms with E-state index in [9.17, 15) is 8.78 Å². The molecule has 0 saturated heterocycles. The van der Waals surface area contributed by atoms with Crippen LogP contribution >= 0.6 is 0 Å². The highest BCUT2D eigenvalue weighted by atomic mass is 19.3. The lowest BCUT2D eigenvalue weighted by Crippen LogP contribution is -2.15. The van der Waals surface area contributed by atoms with Gasteiger partial charge < -0.3 is 15.7 Å². The molecule has 0 aliphatic heterocycles. The number of nitrogens with two attached hydrogens (primary N) is 1. The Kier molecular flexibility index (Phi) is 5.36. The van der Waals surface area contributed by atoms with Gasteiger partial charge in [0.05, 0.1) is 6.61 Å². The second kappa shape index (κ2) is 5.84. The number of ether oxygens (including phenoxy) is 1. The molecule has 0 fully saturated rings. The van der Waals surface area contributed by atoms with Crippen molar-refractivity contribution in [1.82, 2.24) is 0 Å². The Hall–Kier alpha value is -0.910. The Morgan fingerprint density at radius 1 is 1.64 bits per heavy atom. The number of hydrogen-bond donors (Lipinski definition) is 2. The van der Waals surface area contributed by atoms with E-state index in [2.05, 4.69) is 9.89 Å². The third kappa shape index (κ3) is 6.98. The number of amidine groups is 1. The zero-order valence-corrected chi connectivity index (χ0v) is 5.83. The smallest absolute Gasteiger partial charge is 0.261 e. The first-order valence-electron chi connectivity index (χ1n) is 2.99. The van der Waals surface area contributed by atoms with Gasteiger partial charge in [-0.05, 0) is 0 Å². The highest BCUT2D eigenvalue weighted by Gasteiger charge is 2.01. The summed E-state index contributed by atoms with van der Waals surface area (Å²) in [5.41, 5.74) is 5.02. The van der Waals surface area contributed by atoms with E-state index in [0.29, 0.717) is 0 Å². The maximum absolute atomic E-state index is 11.4. The van der Waals surface area contributed by atoms with Crippen LogP contribution < -0.4 is 5.73 Å². The summed E-state index contributed by atoms with van der Waals surface area (Å²) in [6, 6.07) is 0. The number of alkyl halides is 2. The molecule has 0 bridgehead atoms. The monoisotopic (exact) mass is 168 g/mol. The van der Waals surface area contributed by atoms with E-state index in [0.717, 1.165) is 0 Å². The summed E-state index contributed by atoms with van der Waals surface area (Å²) in [7, 11) is 0. The van der Waals surface area contributed by atoms with Gasteiger partial charge >= 0.3 is 0 Å². The number of halogens is 2. The summed E-state index contributed by atoms with van der Waals surface area (Å²) in [5.74, 6) is -0.0285. The minimum Gasteiger partial charge on any atom is -0.409 e. The van der Waals surface area contributed by atoms with Gasteiger partial charge in [0.25, 0.3) is 6.43 Å². The molecule has 0 heterocycles. The van der Waals surface area contributed by atoms with Crippen molar-refractivity contribution in [3.05, 3.63) is 0 Å². The van der Waals surface area contributed by atoms with E-state index in [1.54, 1.807) is 0 Å². The zero-order valence-electron chi connectivity index (χ0n) is 5.83. The van der Waals surface area contributed by atoms with Crippen LogP contribution in [0.3, 0.4) is 0 Å². The lowest BCUT2D eigenvalue weighted by molar-refractivity contribution is 0.0200. The summed E-state index contributed by atoms with van der Waals surface area (Å²) >= 11 is 0. The molecular weight excluding hydrogens is 158 g/mol. The maximum atomic E-state index is 11.4. The largest absolute Gasteiger partial charge is 0.409 e. The number of rotatable bonds is 5. The van der Waals surface area contributed by atoms with Crippen LogP contribution in [0.4, 0.5) is 8.78 Å². The van der Waals surface area contributed by atoms with Crippen molar-refractivity contribution in [2.75, 3.05) is 13.2 Å². The van der Waals surface area contributed by atoms with Crippen LogP contribution in [0.25, 0.3) is 0 Å². The zero-order chi connectivity index (χ0) is 8.69. The second-order valence-electron chi connectivity index (χ2n) is 1.81. The molecule has 0 unspecified atom stereocenters. The fourth-order valence-corrected chi connectivity index (χ4v) is 0.399. The topological polar surface area (TPSA) is 67.8 Å². The summed E-state index contributed by atoms with van der Waals surface area (Å²) in [6.07, 6.45) is -2.31. The van der Waals surface area contributed by atoms with Gasteiger partial charge in [-0.3, -0.25) is 0 Å². The van der Waals surface area contributed by atoms with Crippen LogP contribution in [0.5, 0.6) is 0 Å². The molecule has 0 atom stereocenters. The van der Waals surface area contributed by atoms with Crippen LogP contribution in [-0.2, 0) is 4.74 Å². The van der Waals surface area contributed by atoms with Crippen LogP contribution in [0, 0.1) is 0 Å². The molecule has 66 valence electrons. The van der Waals surface area contributed by atoms with Gasteiger partial charge in [0.15, 0.2) is 0 Å². The van der Waals surface area contributed by atoms with Crippen molar-refractivity contribution in [3.63, 3.8) is 0 Å². The number of oxime groups is 1. The normalized spacial score (nSPS) is 12.5. The SMILES string of the molecule is NC(CCOCC(F)F)=NO. The fourth-order valence-electron chi connectivity index (χ4n) is 0.399. The predicted octanol–water partition coefficient (Wildman–Crippen LogP) is 0.405. The Morgan fingerprint density at radius 2 is 2.27 bits per heavy atom. The van der Waals surface area contributed by atoms with Crippen LogP contribution in [0.2, 0.25) is 0 Å². The van der Waals surface area contributed by atoms with Crippen molar-refractivity contribution in [1.29, 1.82) is 0 Å². The molecule has 0 aliphatic carbocycles. The Bertz CT molecular complexity index is 130. The van der Waals surface area contributed by atoms with Crippen LogP contribution in [0.15, 0.2) is 5.16 Å². The predicted molar refractivity (Wildman–Crippen MR) is 34.8 cm³/mol. The molecule has 11 heavy (non-hydrogen) atoms. The molecule has 4 nitrogen and oxygen atoms in total. The molecule has 0 aromatic heterocycles. The molecule has 0 spiro atoms. The van der Waals surface area contributed by atoms with Gasteiger partial charge in [-0.2, -0.15) is 0 Å². The van der Waals surface area contributed by atoms with Gasteiger partial charge in [0.2, 0.25) is 0 Å². The molecule has 0 aromatic rings. The highest BCUT2D eigenvalue weighted by Crippen LogP contribution is 1.93. The standard InChI is InChI=1S/C5H10F2N2O2/c6-4(7)3-11-2-1-5(8)9-10/h4,10H,1-3H2,(H2,8,9). The lowest BCUT2D eigenvalue weighted by atomic mass is 10.4. The molecule has 0 aliphatic rings. The Morgan fingerprint density at radius 3 is 2.73 bits per heavy atom. The summed E-state index contributed by atoms with van der Waals surface area (Å²) in [5, 5.41) is 10.6. The van der Waals surface area contributed by atoms with Crippen molar-refractivity contribution in [2.24, 2.45) is 10.9 Å². The van der Waals surface area contributed by atoms with Gasteiger partial charge in [0, 0.05) is 6.42 Å². The van der Waals surface area contributed by atoms with Crippen molar-refractivity contribution in [2.45, 2.75) is 12.8 Å². The number of nitrogens with zero attached hydrogens (tertiary/aromatic N) is 1. The van der Waals surface area contributed by atoms with E-state index in [1.165, 1.54) is 0 Å². The van der Waals surface area contributed by atoms with Crippen molar-refractivity contribution in [3.8, 4) is 0 Å². The number of hydrogen-bond acceptors (Lipinski definition) is 3. The first kappa shape index (κ1) is 10.1. The average molecular weight is 168 g/mol. The lowest BCUT2D eigenvalue weighted by Gasteiger charge is -2.01. The molecule has 3 N–H and O–H groups in total. The summed E-state index contributed by atoms with van der Waals surface area (Å²) < 4.78 is 27.3. The maximum Gasteiger partial charge on any atom is 0.261 e. The molecule has 6 heteroatoms. The van der Waals surface area contributed by atoms with E-state index >= 15 is 0 Å². The minimum absolute atomic E-state index is 0.0285. The first-order chi connectivity index (χ1) is 5.16. The van der Waals surface area contributed by atoms with Crippen molar-refractivity contribution >= 4 is 5.84 Å². The van der Waals surface area contributed by atoms with Crippen LogP contribution in [0.1, 0.15) is 6.42 Å². The minimum atomic E-state index is -2.47. The second-order valence-corrected chi connectivity index (χ2v) is 1.81. The van der Waals surface area contributed by atoms with Gasteiger partial charge in [-0.1, -0.05) is 5.16 Å². The summed E-state index contributed by atoms with van der Waals surface area (Å²) in [4.78, 5) is 0. The first-order valence-corrected chi connectivity index (χ1v) is 2.99. The summed E-state index contributed by atoms with van der Waals surface area (Å²) in [6.45, 7) is -0.570. The highest BCUT2D eigenvalue weighted by molar-refractivity contribution is 5.79. The average Bonchev–Trinajstić information content (AvgIpc) is 1.97. The molecular formula is C5H10F2N2O2. The van der Waals surface area contributed by atoms with E-state index < -0.39 is 13.0 Å². The third-order valence-electron chi connectivity index (χ3n) is 0.875. The molecule has 0 radical (unpaired) electrons. The van der Waals surface area contributed by atoms with E-state index in [-0.39, 0.29) is 18.9 Å². The fraction of sp³-hybridized carbons (Fsp3) is 0.800. The van der Waals surface area contributed by atoms with Gasteiger partial charge in [-0.25, -0.2) is 8.78 Å². The third-order valence-corrected chi connectivity index (χ3v) is 0.875. The molecule has 0 rings (SSSR count). The van der Waals surface area contributed by atoms with Crippen molar-refractivity contribution < 1.29 is 18.7 Å². The van der Waals surface area contributed by atoms with Gasteiger partial charge in [0.1, 0.15) is 12.4 Å². The molecule has 0 aromatic carbocycles. The molecule has 0 amide bonds. The Balaban J connectivity index is 3.15. The van der Waals surface area contributed by atoms with E-state index in [4.69, 9.17) is 10.9 Å². The van der Waals surface area contributed by atoms with Crippen LogP contribution in [-0.4, -0.2) is 30.7 Å². The van der Waals surface area contributed by atoms with Gasteiger partial charge in [-0.15, -0.1) is 0 Å².